The van der Waals surface area contributed by atoms with Crippen LogP contribution in [0.2, 0.25) is 0 Å². The predicted octanol–water partition coefficient (Wildman–Crippen LogP) is -1.90. The molecule has 5 heavy (non-hydrogen) atoms. The molecule has 0 nitrogen and oxygen atoms in total. The molecule has 11 radical (unpaired) electrons. The average molecular weight is 157 g/mol. The van der Waals surface area contributed by atoms with Gasteiger partial charge in [-0.3, -0.25) is 0 Å². The Hall–Kier alpha value is 4.65. The van der Waals surface area contributed by atoms with Gasteiger partial charge in [-0.2, -0.15) is 0 Å². The second-order valence-corrected chi connectivity index (χ2v) is 0. The largest absolute Gasteiger partial charge is 0 e. The second-order valence-electron chi connectivity index (χ2n) is 0. The third-order valence-corrected chi connectivity index (χ3v) is 0. The van der Waals surface area contributed by atoms with Crippen molar-refractivity contribution >= 4 is 147 Å². The first-order valence-corrected chi connectivity index (χ1v) is 0. The Labute approximate surface area is 142 Å². The van der Waals surface area contributed by atoms with Crippen molar-refractivity contribution in [2.45, 2.75) is 0 Å². The van der Waals surface area contributed by atoms with Crippen LogP contribution >= 0.6 is 0 Å². The van der Waals surface area contributed by atoms with Crippen molar-refractivity contribution in [1.82, 2.24) is 0 Å². The van der Waals surface area contributed by atoms with Crippen LogP contribution < -0.4 is 0 Å². The van der Waals surface area contributed by atoms with Gasteiger partial charge >= 0.3 is 0 Å². The molecule has 0 bridgehead atoms. The van der Waals surface area contributed by atoms with Crippen molar-refractivity contribution in [3.05, 3.63) is 0 Å². The van der Waals surface area contributed by atoms with E-state index < -0.39 is 0 Å². The summed E-state index contributed by atoms with van der Waals surface area (Å²) in [5, 5.41) is 0. The van der Waals surface area contributed by atoms with Gasteiger partial charge in [-0.1, -0.05) is 0 Å². The molecule has 0 spiro atoms. The quantitative estimate of drug-likeness (QED) is 0.360. The van der Waals surface area contributed by atoms with E-state index in [4.69, 9.17) is 0 Å². The van der Waals surface area contributed by atoms with E-state index in [1.54, 1.807) is 0 Å². The van der Waals surface area contributed by atoms with Gasteiger partial charge in [0.25, 0.3) is 0 Å². The third-order valence-electron chi connectivity index (χ3n) is 0. The minimum absolute atomic E-state index is 0. The van der Waals surface area contributed by atoms with E-state index in [2.05, 4.69) is 0 Å². The van der Waals surface area contributed by atoms with E-state index in [1.165, 1.54) is 0 Å². The first-order chi connectivity index (χ1) is 0. The van der Waals surface area contributed by atoms with Crippen LogP contribution in [0.25, 0.3) is 0 Å². The summed E-state index contributed by atoms with van der Waals surface area (Å²) < 4.78 is 0. The van der Waals surface area contributed by atoms with Gasteiger partial charge in [0, 0.05) is 147 Å². The van der Waals surface area contributed by atoms with E-state index in [1.807, 2.05) is 0 Å². The summed E-state index contributed by atoms with van der Waals surface area (Å²) in [5.74, 6) is 0. The summed E-state index contributed by atoms with van der Waals surface area (Å²) in [7, 11) is 0. The molecule has 0 aromatic heterocycles. The first-order valence-electron chi connectivity index (χ1n) is 0. The average Bonchev–Trinajstić information content (AvgIpc) is 0. The molecular formula is AlCaKNaSi. The molecule has 0 atom stereocenters. The van der Waals surface area contributed by atoms with Gasteiger partial charge in [0.15, 0.2) is 0 Å². The smallest absolute Gasteiger partial charge is 0 e. The molecule has 0 aliphatic rings. The maximum absolute atomic E-state index is 0. The molecule has 0 saturated carbocycles. The van der Waals surface area contributed by atoms with Crippen molar-refractivity contribution in [2.75, 3.05) is 0 Å². The predicted molar refractivity (Wildman–Crippen MR) is 28.8 cm³/mol. The van der Waals surface area contributed by atoms with E-state index in [0.29, 0.717) is 0 Å². The molecule has 0 N–H and O–H groups in total. The van der Waals surface area contributed by atoms with Crippen molar-refractivity contribution in [1.29, 1.82) is 0 Å². The van der Waals surface area contributed by atoms with Crippen molar-refractivity contribution < 1.29 is 0 Å². The number of hydrogen-bond donors (Lipinski definition) is 0. The fourth-order valence-electron chi connectivity index (χ4n) is 0. The Balaban J connectivity index is 0. The van der Waals surface area contributed by atoms with E-state index in [9.17, 15) is 0 Å². The van der Waals surface area contributed by atoms with Gasteiger partial charge in [-0.15, -0.1) is 0 Å². The topological polar surface area (TPSA) is 0 Å². The van der Waals surface area contributed by atoms with Crippen LogP contribution in [0.3, 0.4) is 0 Å². The maximum atomic E-state index is 0. The second kappa shape index (κ2) is 23.4. The fraction of sp³-hybridized carbons (Fsp3) is 0. The molecule has 0 aromatic rings. The summed E-state index contributed by atoms with van der Waals surface area (Å²) in [6.07, 6.45) is 0. The minimum Gasteiger partial charge on any atom is 0 e. The molecule has 0 amide bonds. The molecule has 11 valence electrons. The van der Waals surface area contributed by atoms with Crippen LogP contribution in [0, 0.1) is 0 Å². The molecule has 0 heterocycles. The molecule has 0 fully saturated rings. The minimum atomic E-state index is 0. The Kier molecular flexibility index (Phi) is 156. The Bertz CT molecular complexity index is 11.6. The van der Waals surface area contributed by atoms with Gasteiger partial charge in [-0.05, 0) is 0 Å². The fourth-order valence-corrected chi connectivity index (χ4v) is 0. The molecule has 0 aromatic carbocycles. The zero-order valence-electron chi connectivity index (χ0n) is 3.78. The zero-order valence-corrected chi connectivity index (χ0v) is 13.3. The molecule has 0 unspecified atom stereocenters. The summed E-state index contributed by atoms with van der Waals surface area (Å²) in [4.78, 5) is 0. The molecule has 0 rings (SSSR count). The molecule has 0 aliphatic heterocycles. The van der Waals surface area contributed by atoms with E-state index in [0.717, 1.165) is 0 Å². The van der Waals surface area contributed by atoms with Gasteiger partial charge in [0.2, 0.25) is 0 Å². The molecular weight excluding hydrogens is 157 g/mol. The van der Waals surface area contributed by atoms with Crippen molar-refractivity contribution in [2.24, 2.45) is 0 Å². The van der Waals surface area contributed by atoms with Crippen LogP contribution in [0.15, 0.2) is 0 Å². The number of rotatable bonds is 0. The normalized spacial score (nSPS) is 0. The Morgan fingerprint density at radius 1 is 1.00 bits per heavy atom. The first kappa shape index (κ1) is 33.4. The van der Waals surface area contributed by atoms with Crippen LogP contribution in [-0.2, 0) is 0 Å². The van der Waals surface area contributed by atoms with Crippen LogP contribution in [0.1, 0.15) is 0 Å². The van der Waals surface area contributed by atoms with Crippen molar-refractivity contribution in [3.63, 3.8) is 0 Å². The van der Waals surface area contributed by atoms with E-state index in [-0.39, 0.29) is 147 Å². The monoisotopic (exact) mass is 157 g/mol. The third kappa shape index (κ3) is 17.7. The van der Waals surface area contributed by atoms with Crippen LogP contribution in [-0.4, -0.2) is 147 Å². The van der Waals surface area contributed by atoms with E-state index >= 15 is 0 Å². The van der Waals surface area contributed by atoms with Crippen LogP contribution in [0.4, 0.5) is 0 Å². The van der Waals surface area contributed by atoms with Gasteiger partial charge in [-0.25, -0.2) is 0 Å². The number of hydrogen-bond acceptors (Lipinski definition) is 0. The summed E-state index contributed by atoms with van der Waals surface area (Å²) in [6.45, 7) is 0. The van der Waals surface area contributed by atoms with Gasteiger partial charge in [0.1, 0.15) is 0 Å². The SMILES string of the molecule is [Al].[Ca].[K].[Na].[Si]. The summed E-state index contributed by atoms with van der Waals surface area (Å²) >= 11 is 0. The molecule has 5 heteroatoms. The van der Waals surface area contributed by atoms with Gasteiger partial charge < -0.3 is 0 Å². The maximum Gasteiger partial charge on any atom is 0 e. The zero-order chi connectivity index (χ0) is 0. The van der Waals surface area contributed by atoms with Crippen LogP contribution in [0.5, 0.6) is 0 Å². The standard InChI is InChI=1S/Al.Ca.K.Na.Si. The molecule has 0 saturated heterocycles. The van der Waals surface area contributed by atoms with Gasteiger partial charge in [0.05, 0.1) is 0 Å². The molecule has 0 aliphatic carbocycles. The Morgan fingerprint density at radius 3 is 1.00 bits per heavy atom. The van der Waals surface area contributed by atoms with Crippen molar-refractivity contribution in [3.8, 4) is 0 Å². The summed E-state index contributed by atoms with van der Waals surface area (Å²) in [5.41, 5.74) is 0. The Morgan fingerprint density at radius 2 is 1.00 bits per heavy atom. The summed E-state index contributed by atoms with van der Waals surface area (Å²) in [6, 6.07) is 0.